The van der Waals surface area contributed by atoms with Crippen molar-refractivity contribution in [2.24, 2.45) is 0 Å². The zero-order valence-corrected chi connectivity index (χ0v) is 12.9. The third kappa shape index (κ3) is 4.51. The number of aromatic nitrogens is 1. The van der Waals surface area contributed by atoms with Crippen molar-refractivity contribution in [1.29, 1.82) is 0 Å². The van der Waals surface area contributed by atoms with Gasteiger partial charge < -0.3 is 10.1 Å². The van der Waals surface area contributed by atoms with E-state index >= 15 is 0 Å². The van der Waals surface area contributed by atoms with Crippen LogP contribution in [0.25, 0.3) is 0 Å². The number of halogens is 3. The maximum absolute atomic E-state index is 13.0. The molecule has 0 aliphatic carbocycles. The molecule has 0 radical (unpaired) electrons. The number of nitrogens with one attached hydrogen (secondary N) is 1. The van der Waals surface area contributed by atoms with Gasteiger partial charge in [-0.2, -0.15) is 13.2 Å². The third-order valence-corrected chi connectivity index (χ3v) is 4.64. The van der Waals surface area contributed by atoms with Crippen molar-refractivity contribution in [3.05, 3.63) is 17.7 Å². The van der Waals surface area contributed by atoms with Crippen LogP contribution < -0.4 is 5.32 Å². The monoisotopic (exact) mass is 320 g/mol. The molecule has 7 heteroatoms. The molecule has 1 aliphatic rings. The molecule has 21 heavy (non-hydrogen) atoms. The van der Waals surface area contributed by atoms with E-state index in [1.54, 1.807) is 0 Å². The van der Waals surface area contributed by atoms with Gasteiger partial charge in [-0.25, -0.2) is 4.98 Å². The van der Waals surface area contributed by atoms with Crippen molar-refractivity contribution in [3.63, 3.8) is 0 Å². The standard InChI is InChI=1S/C14H19F3N2OS/c1-3-5-18-12-7-10(14(15,16)17)8-13(19-12)21-11-4-6-20-9(11)2/h7-9,11H,3-6H2,1-2H3,(H,18,19). The van der Waals surface area contributed by atoms with Crippen LogP contribution in [0.3, 0.4) is 0 Å². The molecule has 118 valence electrons. The van der Waals surface area contributed by atoms with Gasteiger partial charge in [0.15, 0.2) is 0 Å². The Labute approximate surface area is 126 Å². The first kappa shape index (κ1) is 16.4. The first-order chi connectivity index (χ1) is 9.90. The second kappa shape index (κ2) is 6.87. The minimum absolute atomic E-state index is 0.0402. The number of anilines is 1. The van der Waals surface area contributed by atoms with Gasteiger partial charge >= 0.3 is 6.18 Å². The van der Waals surface area contributed by atoms with Crippen LogP contribution in [0.5, 0.6) is 0 Å². The second-order valence-electron chi connectivity index (χ2n) is 5.02. The molecule has 3 nitrogen and oxygen atoms in total. The highest BCUT2D eigenvalue weighted by molar-refractivity contribution is 7.99. The molecular formula is C14H19F3N2OS. The van der Waals surface area contributed by atoms with Gasteiger partial charge in [-0.15, -0.1) is 11.8 Å². The number of nitrogens with zero attached hydrogens (tertiary/aromatic N) is 1. The van der Waals surface area contributed by atoms with Crippen LogP contribution >= 0.6 is 11.8 Å². The van der Waals surface area contributed by atoms with E-state index in [1.165, 1.54) is 11.8 Å². The van der Waals surface area contributed by atoms with Crippen LogP contribution in [0.1, 0.15) is 32.3 Å². The molecule has 1 aliphatic heterocycles. The zero-order valence-electron chi connectivity index (χ0n) is 12.0. The molecule has 0 bridgehead atoms. The van der Waals surface area contributed by atoms with Gasteiger partial charge in [0, 0.05) is 18.4 Å². The molecule has 0 amide bonds. The molecule has 2 atom stereocenters. The minimum atomic E-state index is -4.36. The number of rotatable bonds is 5. The average Bonchev–Trinajstić information content (AvgIpc) is 2.81. The largest absolute Gasteiger partial charge is 0.416 e. The summed E-state index contributed by atoms with van der Waals surface area (Å²) >= 11 is 1.36. The van der Waals surface area contributed by atoms with Gasteiger partial charge in [0.25, 0.3) is 0 Å². The van der Waals surface area contributed by atoms with Crippen LogP contribution in [-0.2, 0) is 10.9 Å². The number of alkyl halides is 3. The van der Waals surface area contributed by atoms with Crippen molar-refractivity contribution in [2.75, 3.05) is 18.5 Å². The fourth-order valence-electron chi connectivity index (χ4n) is 2.09. The van der Waals surface area contributed by atoms with E-state index in [0.29, 0.717) is 18.2 Å². The first-order valence-corrected chi connectivity index (χ1v) is 7.89. The number of ether oxygens (including phenoxy) is 1. The maximum atomic E-state index is 13.0. The second-order valence-corrected chi connectivity index (χ2v) is 6.28. The molecule has 0 aromatic carbocycles. The molecule has 1 N–H and O–H groups in total. The predicted molar refractivity (Wildman–Crippen MR) is 77.7 cm³/mol. The lowest BCUT2D eigenvalue weighted by Crippen LogP contribution is -2.14. The number of hydrogen-bond acceptors (Lipinski definition) is 4. The molecule has 0 saturated carbocycles. The molecule has 2 unspecified atom stereocenters. The summed E-state index contributed by atoms with van der Waals surface area (Å²) in [4.78, 5) is 4.28. The van der Waals surface area contributed by atoms with E-state index < -0.39 is 11.7 Å². The Hall–Kier alpha value is -0.950. The summed E-state index contributed by atoms with van der Waals surface area (Å²) in [5.74, 6) is 0.278. The fraction of sp³-hybridized carbons (Fsp3) is 0.643. The Morgan fingerprint density at radius 2 is 2.19 bits per heavy atom. The predicted octanol–water partition coefficient (Wildman–Crippen LogP) is 4.19. The fourth-order valence-corrected chi connectivity index (χ4v) is 3.24. The van der Waals surface area contributed by atoms with Crippen molar-refractivity contribution in [3.8, 4) is 0 Å². The summed E-state index contributed by atoms with van der Waals surface area (Å²) in [6.45, 7) is 5.14. The SMILES string of the molecule is CCCNc1cc(C(F)(F)F)cc(SC2CCOC2C)n1. The lowest BCUT2D eigenvalue weighted by Gasteiger charge is -2.16. The van der Waals surface area contributed by atoms with Gasteiger partial charge in [-0.3, -0.25) is 0 Å². The smallest absolute Gasteiger partial charge is 0.377 e. The van der Waals surface area contributed by atoms with E-state index in [-0.39, 0.29) is 17.2 Å². The molecule has 1 fully saturated rings. The Kier molecular flexibility index (Phi) is 5.37. The molecule has 2 rings (SSSR count). The average molecular weight is 320 g/mol. The van der Waals surface area contributed by atoms with E-state index in [1.807, 2.05) is 13.8 Å². The minimum Gasteiger partial charge on any atom is -0.377 e. The molecule has 2 heterocycles. The number of hydrogen-bond donors (Lipinski definition) is 1. The van der Waals surface area contributed by atoms with E-state index in [0.717, 1.165) is 25.0 Å². The quantitative estimate of drug-likeness (QED) is 0.882. The first-order valence-electron chi connectivity index (χ1n) is 7.01. The van der Waals surface area contributed by atoms with Crippen molar-refractivity contribution in [2.45, 2.75) is 49.2 Å². The Balaban J connectivity index is 2.22. The van der Waals surface area contributed by atoms with Gasteiger partial charge in [-0.1, -0.05) is 6.92 Å². The van der Waals surface area contributed by atoms with Gasteiger partial charge in [-0.05, 0) is 31.9 Å². The Morgan fingerprint density at radius 3 is 2.76 bits per heavy atom. The molecule has 1 aromatic rings. The summed E-state index contributed by atoms with van der Waals surface area (Å²) in [6, 6.07) is 2.18. The van der Waals surface area contributed by atoms with Crippen molar-refractivity contribution < 1.29 is 17.9 Å². The summed E-state index contributed by atoms with van der Waals surface area (Å²) < 4.78 is 44.4. The lowest BCUT2D eigenvalue weighted by molar-refractivity contribution is -0.137. The topological polar surface area (TPSA) is 34.1 Å². The molecule has 1 saturated heterocycles. The van der Waals surface area contributed by atoms with E-state index in [4.69, 9.17) is 4.74 Å². The van der Waals surface area contributed by atoms with Gasteiger partial charge in [0.05, 0.1) is 16.7 Å². The zero-order chi connectivity index (χ0) is 15.5. The van der Waals surface area contributed by atoms with Crippen LogP contribution in [-0.4, -0.2) is 29.5 Å². The van der Waals surface area contributed by atoms with Gasteiger partial charge in [0.2, 0.25) is 0 Å². The maximum Gasteiger partial charge on any atom is 0.416 e. The highest BCUT2D eigenvalue weighted by atomic mass is 32.2. The molecule has 1 aromatic heterocycles. The van der Waals surface area contributed by atoms with Gasteiger partial charge in [0.1, 0.15) is 5.82 Å². The Bertz CT molecular complexity index is 482. The summed E-state index contributed by atoms with van der Waals surface area (Å²) in [7, 11) is 0. The number of thioether (sulfide) groups is 1. The van der Waals surface area contributed by atoms with Crippen LogP contribution in [0.15, 0.2) is 17.2 Å². The van der Waals surface area contributed by atoms with Crippen LogP contribution in [0.2, 0.25) is 0 Å². The van der Waals surface area contributed by atoms with Crippen molar-refractivity contribution >= 4 is 17.6 Å². The van der Waals surface area contributed by atoms with Crippen LogP contribution in [0, 0.1) is 0 Å². The molecule has 0 spiro atoms. The number of pyridine rings is 1. The summed E-state index contributed by atoms with van der Waals surface area (Å²) in [6.07, 6.45) is -2.66. The highest BCUT2D eigenvalue weighted by Gasteiger charge is 2.33. The summed E-state index contributed by atoms with van der Waals surface area (Å²) in [5, 5.41) is 3.47. The lowest BCUT2D eigenvalue weighted by atomic mass is 10.2. The summed E-state index contributed by atoms with van der Waals surface area (Å²) in [5.41, 5.74) is -0.662. The van der Waals surface area contributed by atoms with Crippen molar-refractivity contribution in [1.82, 2.24) is 4.98 Å². The normalized spacial score (nSPS) is 22.5. The molecular weight excluding hydrogens is 301 g/mol. The van der Waals surface area contributed by atoms with Crippen LogP contribution in [0.4, 0.5) is 19.0 Å². The van der Waals surface area contributed by atoms with E-state index in [2.05, 4.69) is 10.3 Å². The van der Waals surface area contributed by atoms with E-state index in [9.17, 15) is 13.2 Å². The highest BCUT2D eigenvalue weighted by Crippen LogP contribution is 2.36. The Morgan fingerprint density at radius 1 is 1.43 bits per heavy atom. The third-order valence-electron chi connectivity index (χ3n) is 3.26.